The summed E-state index contributed by atoms with van der Waals surface area (Å²) >= 11 is 0. The molecule has 23 heavy (non-hydrogen) atoms. The lowest BCUT2D eigenvalue weighted by molar-refractivity contribution is -0.111. The molecule has 1 saturated heterocycles. The van der Waals surface area contributed by atoms with Gasteiger partial charge in [0.15, 0.2) is 0 Å². The first-order valence-corrected chi connectivity index (χ1v) is 7.68. The second kappa shape index (κ2) is 8.90. The molecule has 1 amide bonds. The molecule has 0 aliphatic carbocycles. The van der Waals surface area contributed by atoms with Gasteiger partial charge in [0.25, 0.3) is 0 Å². The van der Waals surface area contributed by atoms with Crippen molar-refractivity contribution < 1.29 is 19.1 Å². The van der Waals surface area contributed by atoms with Gasteiger partial charge in [0.2, 0.25) is 5.91 Å². The quantitative estimate of drug-likeness (QED) is 0.498. The smallest absolute Gasteiger partial charge is 0.338 e. The number of ether oxygens (including phenoxy) is 2. The van der Waals surface area contributed by atoms with Crippen molar-refractivity contribution in [3.63, 3.8) is 0 Å². The Labute approximate surface area is 136 Å². The van der Waals surface area contributed by atoms with Gasteiger partial charge in [-0.05, 0) is 44.0 Å². The Morgan fingerprint density at radius 3 is 2.74 bits per heavy atom. The number of allylic oxidation sites excluding steroid dienone is 3. The highest BCUT2D eigenvalue weighted by Crippen LogP contribution is 2.14. The summed E-state index contributed by atoms with van der Waals surface area (Å²) in [6.45, 7) is 2.89. The number of hydrogen-bond donors (Lipinski definition) is 1. The highest BCUT2D eigenvalue weighted by molar-refractivity contribution is 5.99. The lowest BCUT2D eigenvalue weighted by Gasteiger charge is -2.10. The van der Waals surface area contributed by atoms with Crippen LogP contribution in [0.5, 0.6) is 0 Å². The summed E-state index contributed by atoms with van der Waals surface area (Å²) in [6.07, 6.45) is 8.66. The average molecular weight is 315 g/mol. The van der Waals surface area contributed by atoms with E-state index in [0.717, 1.165) is 19.4 Å². The Kier molecular flexibility index (Phi) is 6.56. The molecule has 1 aromatic carbocycles. The number of hydrogen-bond acceptors (Lipinski definition) is 4. The predicted molar refractivity (Wildman–Crippen MR) is 88.3 cm³/mol. The van der Waals surface area contributed by atoms with E-state index in [-0.39, 0.29) is 24.6 Å². The maximum Gasteiger partial charge on any atom is 0.338 e. The average Bonchev–Trinajstić information content (AvgIpc) is 3.07. The molecule has 1 aliphatic rings. The van der Waals surface area contributed by atoms with Crippen molar-refractivity contribution in [1.29, 1.82) is 0 Å². The zero-order valence-corrected chi connectivity index (χ0v) is 13.2. The largest absolute Gasteiger partial charge is 0.459 e. The van der Waals surface area contributed by atoms with Crippen molar-refractivity contribution in [3.8, 4) is 0 Å². The van der Waals surface area contributed by atoms with E-state index in [9.17, 15) is 9.59 Å². The van der Waals surface area contributed by atoms with Crippen molar-refractivity contribution >= 4 is 17.6 Å². The van der Waals surface area contributed by atoms with E-state index < -0.39 is 0 Å². The van der Waals surface area contributed by atoms with Crippen LogP contribution in [0.2, 0.25) is 0 Å². The van der Waals surface area contributed by atoms with Crippen LogP contribution in [-0.2, 0) is 14.3 Å². The highest BCUT2D eigenvalue weighted by Gasteiger charge is 2.18. The molecule has 0 aromatic heterocycles. The van der Waals surface area contributed by atoms with Crippen LogP contribution in [0.4, 0.5) is 5.69 Å². The summed E-state index contributed by atoms with van der Waals surface area (Å²) in [4.78, 5) is 23.5. The van der Waals surface area contributed by atoms with E-state index in [2.05, 4.69) is 5.32 Å². The number of carbonyl (C=O) groups is 2. The number of rotatable bonds is 6. The van der Waals surface area contributed by atoms with Crippen LogP contribution in [0.15, 0.2) is 48.6 Å². The molecule has 0 saturated carbocycles. The molecule has 0 spiro atoms. The molecule has 1 aliphatic heterocycles. The van der Waals surface area contributed by atoms with E-state index in [1.807, 2.05) is 13.0 Å². The summed E-state index contributed by atoms with van der Waals surface area (Å²) < 4.78 is 10.6. The third-order valence-electron chi connectivity index (χ3n) is 3.36. The third-order valence-corrected chi connectivity index (χ3v) is 3.36. The molecule has 1 aromatic rings. The Morgan fingerprint density at radius 2 is 2.09 bits per heavy atom. The van der Waals surface area contributed by atoms with Crippen molar-refractivity contribution in [2.24, 2.45) is 0 Å². The zero-order chi connectivity index (χ0) is 16.5. The first-order valence-electron chi connectivity index (χ1n) is 7.68. The molecular weight excluding hydrogens is 294 g/mol. The van der Waals surface area contributed by atoms with Gasteiger partial charge in [0, 0.05) is 18.4 Å². The molecule has 1 heterocycles. The number of amides is 1. The van der Waals surface area contributed by atoms with E-state index in [4.69, 9.17) is 9.47 Å². The van der Waals surface area contributed by atoms with Gasteiger partial charge in [-0.25, -0.2) is 4.79 Å². The number of carbonyl (C=O) groups excluding carboxylic acids is 2. The van der Waals surface area contributed by atoms with Gasteiger partial charge in [-0.3, -0.25) is 4.79 Å². The molecule has 0 radical (unpaired) electrons. The molecule has 1 fully saturated rings. The third kappa shape index (κ3) is 5.71. The molecule has 5 heteroatoms. The Bertz CT molecular complexity index is 584. The van der Waals surface area contributed by atoms with Gasteiger partial charge in [-0.2, -0.15) is 0 Å². The van der Waals surface area contributed by atoms with E-state index in [1.54, 1.807) is 36.4 Å². The molecule has 122 valence electrons. The van der Waals surface area contributed by atoms with Crippen molar-refractivity contribution in [2.75, 3.05) is 18.5 Å². The fourth-order valence-electron chi connectivity index (χ4n) is 2.16. The second-order valence-corrected chi connectivity index (χ2v) is 5.18. The van der Waals surface area contributed by atoms with Crippen LogP contribution >= 0.6 is 0 Å². The fraction of sp³-hybridized carbons (Fsp3) is 0.333. The number of esters is 1. The van der Waals surface area contributed by atoms with Crippen molar-refractivity contribution in [1.82, 2.24) is 0 Å². The van der Waals surface area contributed by atoms with Crippen molar-refractivity contribution in [2.45, 2.75) is 25.9 Å². The number of anilines is 1. The lowest BCUT2D eigenvalue weighted by Crippen LogP contribution is -2.17. The van der Waals surface area contributed by atoms with Gasteiger partial charge in [0.05, 0.1) is 11.7 Å². The molecular formula is C18H21NO4. The fourth-order valence-corrected chi connectivity index (χ4v) is 2.16. The van der Waals surface area contributed by atoms with Crippen LogP contribution in [0.1, 0.15) is 30.1 Å². The molecule has 5 nitrogen and oxygen atoms in total. The summed E-state index contributed by atoms with van der Waals surface area (Å²) in [6, 6.07) is 6.60. The Morgan fingerprint density at radius 1 is 1.30 bits per heavy atom. The molecule has 1 unspecified atom stereocenters. The van der Waals surface area contributed by atoms with E-state index in [1.165, 1.54) is 6.08 Å². The van der Waals surface area contributed by atoms with E-state index in [0.29, 0.717) is 11.3 Å². The minimum Gasteiger partial charge on any atom is -0.459 e. The van der Waals surface area contributed by atoms with E-state index >= 15 is 0 Å². The monoisotopic (exact) mass is 315 g/mol. The van der Waals surface area contributed by atoms with Crippen LogP contribution in [0, 0.1) is 0 Å². The van der Waals surface area contributed by atoms with Gasteiger partial charge in [-0.1, -0.05) is 18.2 Å². The molecule has 0 bridgehead atoms. The van der Waals surface area contributed by atoms with Crippen molar-refractivity contribution in [3.05, 3.63) is 54.1 Å². The summed E-state index contributed by atoms with van der Waals surface area (Å²) in [7, 11) is 0. The summed E-state index contributed by atoms with van der Waals surface area (Å²) in [5.41, 5.74) is 1.07. The van der Waals surface area contributed by atoms with Crippen LogP contribution in [0.25, 0.3) is 0 Å². The van der Waals surface area contributed by atoms with Crippen LogP contribution in [-0.4, -0.2) is 31.2 Å². The maximum atomic E-state index is 11.9. The summed E-state index contributed by atoms with van der Waals surface area (Å²) in [5, 5.41) is 2.71. The Hall–Kier alpha value is -2.40. The highest BCUT2D eigenvalue weighted by atomic mass is 16.6. The first-order chi connectivity index (χ1) is 11.2. The summed E-state index contributed by atoms with van der Waals surface area (Å²) in [5.74, 6) is -0.608. The topological polar surface area (TPSA) is 64.6 Å². The number of nitrogens with one attached hydrogen (secondary N) is 1. The van der Waals surface area contributed by atoms with Gasteiger partial charge in [0.1, 0.15) is 6.61 Å². The first kappa shape index (κ1) is 17.0. The zero-order valence-electron chi connectivity index (χ0n) is 13.2. The SMILES string of the molecule is CC=CC=CC(=O)Nc1ccc(C(=O)OCC2CCCO2)cc1. The minimum atomic E-state index is -0.383. The molecule has 1 atom stereocenters. The second-order valence-electron chi connectivity index (χ2n) is 5.18. The molecule has 2 rings (SSSR count). The minimum absolute atomic E-state index is 0.0152. The lowest BCUT2D eigenvalue weighted by atomic mass is 10.2. The van der Waals surface area contributed by atoms with Gasteiger partial charge >= 0.3 is 5.97 Å². The number of benzene rings is 1. The normalized spacial score (nSPS) is 17.7. The van der Waals surface area contributed by atoms with Gasteiger partial charge in [-0.15, -0.1) is 0 Å². The maximum absolute atomic E-state index is 11.9. The molecule has 1 N–H and O–H groups in total. The van der Waals surface area contributed by atoms with Gasteiger partial charge < -0.3 is 14.8 Å². The van der Waals surface area contributed by atoms with Crippen LogP contribution in [0.3, 0.4) is 0 Å². The Balaban J connectivity index is 1.83. The predicted octanol–water partition coefficient (Wildman–Crippen LogP) is 3.09. The standard InChI is InChI=1S/C18H21NO4/c1-2-3-4-7-17(20)19-15-10-8-14(9-11-15)18(21)23-13-16-6-5-12-22-16/h2-4,7-11,16H,5-6,12-13H2,1H3,(H,19,20). The van der Waals surface area contributed by atoms with Crippen LogP contribution < -0.4 is 5.32 Å².